The molecule has 0 radical (unpaired) electrons. The number of rotatable bonds is 4. The van der Waals surface area contributed by atoms with Crippen LogP contribution in [0.4, 0.5) is 4.39 Å². The average molecular weight is 300 g/mol. The third-order valence-electron chi connectivity index (χ3n) is 2.60. The number of hydrogen-bond donors (Lipinski definition) is 1. The number of para-hydroxylation sites is 1. The Kier molecular flexibility index (Phi) is 11.0. The molecule has 0 bridgehead atoms. The van der Waals surface area contributed by atoms with E-state index in [1.165, 1.54) is 0 Å². The van der Waals surface area contributed by atoms with Crippen molar-refractivity contribution in [1.29, 1.82) is 0 Å². The van der Waals surface area contributed by atoms with Crippen LogP contribution in [0, 0.1) is 0 Å². The van der Waals surface area contributed by atoms with E-state index >= 15 is 0 Å². The van der Waals surface area contributed by atoms with Crippen molar-refractivity contribution in [1.82, 2.24) is 10.2 Å². The molecule has 0 spiro atoms. The summed E-state index contributed by atoms with van der Waals surface area (Å²) in [5, 5.41) is 8.45. The maximum absolute atomic E-state index is 9.50. The quantitative estimate of drug-likeness (QED) is 0.702. The zero-order valence-electron chi connectivity index (χ0n) is 13.8. The van der Waals surface area contributed by atoms with Crippen LogP contribution in [-0.2, 0) is 0 Å². The molecular weight excluding hydrogens is 275 g/mol. The lowest BCUT2D eigenvalue weighted by molar-refractivity contribution is 0.636. The Bertz CT molecular complexity index is 634. The van der Waals surface area contributed by atoms with Gasteiger partial charge in [0, 0.05) is 5.39 Å². The molecule has 2 nitrogen and oxygen atoms in total. The standard InChI is InChI=1S/C16H16N2.C2H6.CH3F/c1-3-7-13(8-4-2)11-12-16-14-9-5-6-10-15(14)17-18-16;2*1-2/h3-12H,1H2,2H3,(H,17,18);1-2H3;1H3/b8-4-,12-11+,13-7+;;. The molecule has 1 aromatic heterocycles. The number of nitrogens with one attached hydrogen (secondary N) is 1. The molecule has 0 aliphatic carbocycles. The fraction of sp³-hybridized carbons (Fsp3) is 0.211. The molecule has 0 unspecified atom stereocenters. The lowest BCUT2D eigenvalue weighted by atomic mass is 10.1. The first kappa shape index (κ1) is 19.6. The fourth-order valence-corrected chi connectivity index (χ4v) is 1.78. The van der Waals surface area contributed by atoms with E-state index in [1.54, 1.807) is 6.08 Å². The van der Waals surface area contributed by atoms with E-state index in [4.69, 9.17) is 0 Å². The molecule has 0 aliphatic rings. The van der Waals surface area contributed by atoms with E-state index in [0.717, 1.165) is 22.2 Å². The van der Waals surface area contributed by atoms with Gasteiger partial charge in [-0.15, -0.1) is 0 Å². The smallest absolute Gasteiger partial charge is 0.0927 e. The highest BCUT2D eigenvalue weighted by Gasteiger charge is 2.00. The van der Waals surface area contributed by atoms with Gasteiger partial charge >= 0.3 is 0 Å². The van der Waals surface area contributed by atoms with Gasteiger partial charge in [0.1, 0.15) is 0 Å². The third-order valence-corrected chi connectivity index (χ3v) is 2.60. The SMILES string of the molecule is C=C/C=C(\C=C/C)/C=C/c1n[nH]c2ccccc12.CC.CF. The lowest BCUT2D eigenvalue weighted by Gasteiger charge is -1.92. The second kappa shape index (κ2) is 12.3. The topological polar surface area (TPSA) is 28.7 Å². The van der Waals surface area contributed by atoms with Gasteiger partial charge in [-0.2, -0.15) is 5.10 Å². The lowest BCUT2D eigenvalue weighted by Crippen LogP contribution is -1.74. The molecule has 0 saturated carbocycles. The van der Waals surface area contributed by atoms with Crippen molar-refractivity contribution in [2.75, 3.05) is 7.18 Å². The summed E-state index contributed by atoms with van der Waals surface area (Å²) in [6.07, 6.45) is 11.8. The molecule has 0 fully saturated rings. The number of aromatic nitrogens is 2. The van der Waals surface area contributed by atoms with Crippen LogP contribution < -0.4 is 0 Å². The van der Waals surface area contributed by atoms with Crippen molar-refractivity contribution in [3.63, 3.8) is 0 Å². The molecule has 2 rings (SSSR count). The van der Waals surface area contributed by atoms with Gasteiger partial charge in [-0.1, -0.05) is 69.0 Å². The van der Waals surface area contributed by atoms with Gasteiger partial charge in [0.05, 0.1) is 18.4 Å². The maximum Gasteiger partial charge on any atom is 0.0927 e. The van der Waals surface area contributed by atoms with Crippen molar-refractivity contribution < 1.29 is 4.39 Å². The van der Waals surface area contributed by atoms with E-state index in [2.05, 4.69) is 22.8 Å². The highest BCUT2D eigenvalue weighted by Crippen LogP contribution is 2.17. The summed E-state index contributed by atoms with van der Waals surface area (Å²) in [4.78, 5) is 0. The first-order chi connectivity index (χ1) is 10.8. The van der Waals surface area contributed by atoms with Crippen LogP contribution in [0.1, 0.15) is 26.5 Å². The number of alkyl halides is 1. The zero-order valence-corrected chi connectivity index (χ0v) is 13.8. The average Bonchev–Trinajstić information content (AvgIpc) is 3.00. The fourth-order valence-electron chi connectivity index (χ4n) is 1.78. The van der Waals surface area contributed by atoms with Crippen LogP contribution >= 0.6 is 0 Å². The van der Waals surface area contributed by atoms with Crippen molar-refractivity contribution in [2.45, 2.75) is 20.8 Å². The summed E-state index contributed by atoms with van der Waals surface area (Å²) in [7, 11) is 0.500. The monoisotopic (exact) mass is 300 g/mol. The first-order valence-corrected chi connectivity index (χ1v) is 7.29. The summed E-state index contributed by atoms with van der Waals surface area (Å²) >= 11 is 0. The molecule has 1 heterocycles. The second-order valence-electron chi connectivity index (χ2n) is 3.89. The number of halogens is 1. The van der Waals surface area contributed by atoms with E-state index in [0.29, 0.717) is 7.18 Å². The van der Waals surface area contributed by atoms with Crippen LogP contribution in [0.5, 0.6) is 0 Å². The Morgan fingerprint density at radius 1 is 1.18 bits per heavy atom. The number of benzene rings is 1. The normalized spacial score (nSPS) is 11.0. The molecule has 1 N–H and O–H groups in total. The number of hydrogen-bond acceptors (Lipinski definition) is 1. The Morgan fingerprint density at radius 2 is 1.86 bits per heavy atom. The van der Waals surface area contributed by atoms with Crippen LogP contribution in [-0.4, -0.2) is 17.4 Å². The Balaban J connectivity index is 0.00000102. The van der Waals surface area contributed by atoms with Crippen LogP contribution in [0.25, 0.3) is 17.0 Å². The summed E-state index contributed by atoms with van der Waals surface area (Å²) in [5.74, 6) is 0. The molecule has 0 aliphatic heterocycles. The summed E-state index contributed by atoms with van der Waals surface area (Å²) in [5.41, 5.74) is 3.10. The van der Waals surface area contributed by atoms with Gasteiger partial charge in [-0.05, 0) is 24.6 Å². The summed E-state index contributed by atoms with van der Waals surface area (Å²) in [6, 6.07) is 8.09. The minimum Gasteiger partial charge on any atom is -0.277 e. The number of nitrogens with zero attached hydrogens (tertiary/aromatic N) is 1. The summed E-state index contributed by atoms with van der Waals surface area (Å²) < 4.78 is 9.50. The van der Waals surface area contributed by atoms with Crippen molar-refractivity contribution >= 4 is 17.0 Å². The van der Waals surface area contributed by atoms with Gasteiger partial charge in [0.2, 0.25) is 0 Å². The molecule has 3 heteroatoms. The van der Waals surface area contributed by atoms with E-state index in [1.807, 2.05) is 69.4 Å². The molecular formula is C19H25FN2. The van der Waals surface area contributed by atoms with Gasteiger partial charge in [-0.25, -0.2) is 0 Å². The number of H-pyrrole nitrogens is 1. The Morgan fingerprint density at radius 3 is 2.50 bits per heavy atom. The van der Waals surface area contributed by atoms with Gasteiger partial charge < -0.3 is 0 Å². The third kappa shape index (κ3) is 5.92. The molecule has 118 valence electrons. The predicted molar refractivity (Wildman–Crippen MR) is 96.6 cm³/mol. The van der Waals surface area contributed by atoms with Crippen LogP contribution in [0.2, 0.25) is 0 Å². The number of allylic oxidation sites excluding steroid dienone is 6. The van der Waals surface area contributed by atoms with Crippen LogP contribution in [0.15, 0.2) is 66.8 Å². The highest BCUT2D eigenvalue weighted by molar-refractivity contribution is 5.86. The summed E-state index contributed by atoms with van der Waals surface area (Å²) in [6.45, 7) is 9.71. The second-order valence-corrected chi connectivity index (χ2v) is 3.89. The maximum atomic E-state index is 9.50. The van der Waals surface area contributed by atoms with Gasteiger partial charge in [-0.3, -0.25) is 9.49 Å². The van der Waals surface area contributed by atoms with E-state index in [-0.39, 0.29) is 0 Å². The number of aromatic amines is 1. The van der Waals surface area contributed by atoms with E-state index < -0.39 is 0 Å². The molecule has 0 saturated heterocycles. The highest BCUT2D eigenvalue weighted by atomic mass is 19.1. The molecule has 0 amide bonds. The Hall–Kier alpha value is -2.42. The van der Waals surface area contributed by atoms with E-state index in [9.17, 15) is 4.39 Å². The Labute approximate surface area is 132 Å². The van der Waals surface area contributed by atoms with Crippen molar-refractivity contribution in [2.24, 2.45) is 0 Å². The minimum absolute atomic E-state index is 0.500. The van der Waals surface area contributed by atoms with Gasteiger partial charge in [0.25, 0.3) is 0 Å². The van der Waals surface area contributed by atoms with Crippen molar-refractivity contribution in [3.05, 3.63) is 72.5 Å². The first-order valence-electron chi connectivity index (χ1n) is 7.29. The number of fused-ring (bicyclic) bond motifs is 1. The minimum atomic E-state index is 0.500. The van der Waals surface area contributed by atoms with Gasteiger partial charge in [0.15, 0.2) is 0 Å². The largest absolute Gasteiger partial charge is 0.277 e. The zero-order chi connectivity index (χ0) is 16.8. The molecule has 2 aromatic rings. The van der Waals surface area contributed by atoms with Crippen molar-refractivity contribution in [3.8, 4) is 0 Å². The molecule has 22 heavy (non-hydrogen) atoms. The van der Waals surface area contributed by atoms with Crippen LogP contribution in [0.3, 0.4) is 0 Å². The molecule has 1 aromatic carbocycles. The predicted octanol–water partition coefficient (Wildman–Crippen LogP) is 5.88. The molecule has 0 atom stereocenters.